The molecule has 4 aromatic rings. The van der Waals surface area contributed by atoms with E-state index in [0.29, 0.717) is 17.9 Å². The third-order valence-electron chi connectivity index (χ3n) is 5.15. The van der Waals surface area contributed by atoms with Crippen LogP contribution in [0.15, 0.2) is 66.7 Å². The lowest BCUT2D eigenvalue weighted by atomic mass is 10.1. The van der Waals surface area contributed by atoms with Crippen molar-refractivity contribution in [1.29, 1.82) is 0 Å². The molecule has 0 spiro atoms. The lowest BCUT2D eigenvalue weighted by Crippen LogP contribution is -2.36. The van der Waals surface area contributed by atoms with Gasteiger partial charge in [-0.2, -0.15) is 0 Å². The molecule has 1 heterocycles. The summed E-state index contributed by atoms with van der Waals surface area (Å²) in [5.41, 5.74) is 3.90. The smallest absolute Gasteiger partial charge is 0.260 e. The molecule has 0 unspecified atom stereocenters. The number of benzene rings is 3. The van der Waals surface area contributed by atoms with E-state index in [2.05, 4.69) is 30.9 Å². The topological polar surface area (TPSA) is 45.7 Å². The molecule has 0 aliphatic rings. The molecule has 0 aliphatic carbocycles. The van der Waals surface area contributed by atoms with E-state index in [9.17, 15) is 4.79 Å². The molecule has 7 heteroatoms. The van der Waals surface area contributed by atoms with Crippen LogP contribution in [0.5, 0.6) is 11.5 Å². The fraction of sp³-hybridized carbons (Fsp3) is 0.231. The Morgan fingerprint density at radius 3 is 2.27 bits per heavy atom. The number of carbonyl (C=O) groups is 1. The first-order valence-corrected chi connectivity index (χ1v) is 11.4. The van der Waals surface area contributed by atoms with E-state index < -0.39 is 0 Å². The molecule has 0 fully saturated rings. The second-order valence-corrected chi connectivity index (χ2v) is 9.13. The number of aryl methyl sites for hydroxylation is 2. The van der Waals surface area contributed by atoms with E-state index in [1.54, 1.807) is 16.2 Å². The van der Waals surface area contributed by atoms with Crippen molar-refractivity contribution in [3.8, 4) is 11.5 Å². The van der Waals surface area contributed by atoms with Crippen molar-refractivity contribution in [3.05, 3.63) is 83.4 Å². The molecule has 0 aliphatic heterocycles. The predicted octanol–water partition coefficient (Wildman–Crippen LogP) is 6.34. The number of para-hydroxylation sites is 1. The quantitative estimate of drug-likeness (QED) is 0.309. The summed E-state index contributed by atoms with van der Waals surface area (Å²) >= 11 is 1.56. The molecule has 172 valence electrons. The first-order valence-electron chi connectivity index (χ1n) is 10.6. The SMILES string of the molecule is Cc1cc(C)c2nc(N(CCN(C)C)C(=O)c3ccc(Oc4ccccc4)cc3)sc2c1.Cl. The first kappa shape index (κ1) is 24.7. The average molecular weight is 482 g/mol. The van der Waals surface area contributed by atoms with Crippen molar-refractivity contribution in [2.75, 3.05) is 32.1 Å². The fourth-order valence-corrected chi connectivity index (χ4v) is 4.67. The molecule has 0 bridgehead atoms. The van der Waals surface area contributed by atoms with Gasteiger partial charge in [-0.1, -0.05) is 35.6 Å². The normalized spacial score (nSPS) is 10.8. The van der Waals surface area contributed by atoms with Crippen LogP contribution in [0.2, 0.25) is 0 Å². The van der Waals surface area contributed by atoms with Crippen LogP contribution in [-0.2, 0) is 0 Å². The van der Waals surface area contributed by atoms with Crippen LogP contribution in [0.25, 0.3) is 10.2 Å². The van der Waals surface area contributed by atoms with E-state index in [-0.39, 0.29) is 18.3 Å². The summed E-state index contributed by atoms with van der Waals surface area (Å²) in [6.07, 6.45) is 0. The molecular formula is C26H28ClN3O2S. The zero-order chi connectivity index (χ0) is 22.7. The van der Waals surface area contributed by atoms with Crippen LogP contribution < -0.4 is 9.64 Å². The number of nitrogens with zero attached hydrogens (tertiary/aromatic N) is 3. The number of amides is 1. The third-order valence-corrected chi connectivity index (χ3v) is 6.17. The lowest BCUT2D eigenvalue weighted by molar-refractivity contribution is 0.0985. The van der Waals surface area contributed by atoms with Crippen LogP contribution in [-0.4, -0.2) is 43.0 Å². The van der Waals surface area contributed by atoms with Crippen LogP contribution in [0.1, 0.15) is 21.5 Å². The van der Waals surface area contributed by atoms with Gasteiger partial charge in [0.05, 0.1) is 10.2 Å². The van der Waals surface area contributed by atoms with E-state index in [1.807, 2.05) is 68.7 Å². The Bertz CT molecular complexity index is 1220. The maximum atomic E-state index is 13.5. The van der Waals surface area contributed by atoms with Crippen molar-refractivity contribution in [2.45, 2.75) is 13.8 Å². The molecule has 3 aromatic carbocycles. The molecular weight excluding hydrogens is 454 g/mol. The van der Waals surface area contributed by atoms with E-state index in [4.69, 9.17) is 9.72 Å². The highest BCUT2D eigenvalue weighted by Gasteiger charge is 2.22. The predicted molar refractivity (Wildman–Crippen MR) is 140 cm³/mol. The van der Waals surface area contributed by atoms with E-state index >= 15 is 0 Å². The zero-order valence-electron chi connectivity index (χ0n) is 19.2. The average Bonchev–Trinajstić information content (AvgIpc) is 3.19. The van der Waals surface area contributed by atoms with Gasteiger partial charge in [0.1, 0.15) is 11.5 Å². The highest BCUT2D eigenvalue weighted by molar-refractivity contribution is 7.22. The minimum absolute atomic E-state index is 0. The van der Waals surface area contributed by atoms with Gasteiger partial charge in [0.25, 0.3) is 5.91 Å². The Labute approximate surface area is 205 Å². The van der Waals surface area contributed by atoms with E-state index in [1.165, 1.54) is 5.56 Å². The summed E-state index contributed by atoms with van der Waals surface area (Å²) in [7, 11) is 4.01. The number of carbonyl (C=O) groups excluding carboxylic acids is 1. The van der Waals surface area contributed by atoms with Crippen molar-refractivity contribution >= 4 is 45.0 Å². The van der Waals surface area contributed by atoms with Gasteiger partial charge < -0.3 is 9.64 Å². The standard InChI is InChI=1S/C26H27N3O2S.ClH/c1-18-16-19(2)24-23(17-18)32-26(27-24)29(15-14-28(3)4)25(30)20-10-12-22(13-11-20)31-21-8-6-5-7-9-21;/h5-13,16-17H,14-15H2,1-4H3;1H. The number of rotatable bonds is 7. The maximum Gasteiger partial charge on any atom is 0.260 e. The molecule has 1 aromatic heterocycles. The van der Waals surface area contributed by atoms with Gasteiger partial charge in [-0.25, -0.2) is 4.98 Å². The minimum Gasteiger partial charge on any atom is -0.457 e. The highest BCUT2D eigenvalue weighted by Crippen LogP contribution is 2.32. The van der Waals surface area contributed by atoms with Gasteiger partial charge in [-0.15, -0.1) is 12.4 Å². The summed E-state index contributed by atoms with van der Waals surface area (Å²) in [5, 5.41) is 0.727. The van der Waals surface area contributed by atoms with Gasteiger partial charge >= 0.3 is 0 Å². The molecule has 0 N–H and O–H groups in total. The van der Waals surface area contributed by atoms with Crippen molar-refractivity contribution in [2.24, 2.45) is 0 Å². The van der Waals surface area contributed by atoms with Crippen LogP contribution >= 0.6 is 23.7 Å². The Kier molecular flexibility index (Phi) is 8.08. The van der Waals surface area contributed by atoms with Gasteiger partial charge in [-0.3, -0.25) is 9.69 Å². The lowest BCUT2D eigenvalue weighted by Gasteiger charge is -2.22. The van der Waals surface area contributed by atoms with Crippen LogP contribution in [0.3, 0.4) is 0 Å². The molecule has 33 heavy (non-hydrogen) atoms. The van der Waals surface area contributed by atoms with Gasteiger partial charge in [0, 0.05) is 18.7 Å². The van der Waals surface area contributed by atoms with Gasteiger partial charge in [0.2, 0.25) is 0 Å². The zero-order valence-corrected chi connectivity index (χ0v) is 20.9. The molecule has 0 saturated carbocycles. The minimum atomic E-state index is -0.0634. The Hall–Kier alpha value is -2.93. The summed E-state index contributed by atoms with van der Waals surface area (Å²) in [6.45, 7) is 5.46. The number of fused-ring (bicyclic) bond motifs is 1. The molecule has 0 atom stereocenters. The second kappa shape index (κ2) is 10.8. The number of aromatic nitrogens is 1. The number of anilines is 1. The number of halogens is 1. The molecule has 0 radical (unpaired) electrons. The Morgan fingerprint density at radius 1 is 0.939 bits per heavy atom. The third kappa shape index (κ3) is 5.90. The molecule has 4 rings (SSSR count). The summed E-state index contributed by atoms with van der Waals surface area (Å²) in [5.74, 6) is 1.39. The molecule has 1 amide bonds. The monoisotopic (exact) mass is 481 g/mol. The number of ether oxygens (including phenoxy) is 1. The Morgan fingerprint density at radius 2 is 1.61 bits per heavy atom. The van der Waals surface area contributed by atoms with Crippen molar-refractivity contribution in [3.63, 3.8) is 0 Å². The number of likely N-dealkylation sites (N-methyl/N-ethyl adjacent to an activating group) is 1. The van der Waals surface area contributed by atoms with E-state index in [0.717, 1.165) is 33.2 Å². The van der Waals surface area contributed by atoms with Crippen molar-refractivity contribution < 1.29 is 9.53 Å². The number of hydrogen-bond donors (Lipinski definition) is 0. The molecule has 0 saturated heterocycles. The molecule has 5 nitrogen and oxygen atoms in total. The maximum absolute atomic E-state index is 13.5. The summed E-state index contributed by atoms with van der Waals surface area (Å²) in [4.78, 5) is 22.2. The fourth-order valence-electron chi connectivity index (χ4n) is 3.50. The number of hydrogen-bond acceptors (Lipinski definition) is 5. The van der Waals surface area contributed by atoms with Crippen LogP contribution in [0, 0.1) is 13.8 Å². The van der Waals surface area contributed by atoms with Gasteiger partial charge in [0.15, 0.2) is 5.13 Å². The number of thiazole rings is 1. The Balaban J connectivity index is 0.00000306. The van der Waals surface area contributed by atoms with Gasteiger partial charge in [-0.05, 0) is 81.5 Å². The van der Waals surface area contributed by atoms with Crippen LogP contribution in [0.4, 0.5) is 5.13 Å². The van der Waals surface area contributed by atoms with Crippen molar-refractivity contribution in [1.82, 2.24) is 9.88 Å². The summed E-state index contributed by atoms with van der Waals surface area (Å²) in [6, 6.07) is 21.1. The first-order chi connectivity index (χ1) is 15.4. The second-order valence-electron chi connectivity index (χ2n) is 8.12. The highest BCUT2D eigenvalue weighted by atomic mass is 35.5. The largest absolute Gasteiger partial charge is 0.457 e. The summed E-state index contributed by atoms with van der Waals surface area (Å²) < 4.78 is 6.96.